The molecule has 0 saturated carbocycles. The second-order valence-electron chi connectivity index (χ2n) is 3.79. The summed E-state index contributed by atoms with van der Waals surface area (Å²) in [5, 5.41) is 0. The lowest BCUT2D eigenvalue weighted by molar-refractivity contribution is -0.149. The minimum absolute atomic E-state index is 0.0628. The van der Waals surface area contributed by atoms with Crippen molar-refractivity contribution < 1.29 is 23.2 Å². The van der Waals surface area contributed by atoms with Gasteiger partial charge in [-0.15, -0.1) is 0 Å². The number of rotatable bonds is 9. The van der Waals surface area contributed by atoms with Crippen molar-refractivity contribution in [2.75, 3.05) is 13.2 Å². The smallest absolute Gasteiger partial charge is 0.333 e. The zero-order chi connectivity index (χ0) is 14.0. The van der Waals surface area contributed by atoms with E-state index in [2.05, 4.69) is 6.58 Å². The Balaban J connectivity index is 3.43. The van der Waals surface area contributed by atoms with Gasteiger partial charge in [0.25, 0.3) is 0 Å². The Bertz CT molecular complexity index is 291. The molecule has 18 heavy (non-hydrogen) atoms. The summed E-state index contributed by atoms with van der Waals surface area (Å²) < 4.78 is 15.1. The van der Waals surface area contributed by atoms with Crippen LogP contribution in [0.25, 0.3) is 0 Å². The lowest BCUT2D eigenvalue weighted by Gasteiger charge is -2.06. The molecule has 0 aromatic heterocycles. The summed E-state index contributed by atoms with van der Waals surface area (Å²) in [6.07, 6.45) is 0.335. The van der Waals surface area contributed by atoms with Gasteiger partial charge in [0.2, 0.25) is 9.76 Å². The molecule has 0 N–H and O–H groups in total. The van der Waals surface area contributed by atoms with E-state index in [4.69, 9.17) is 13.6 Å². The normalized spacial score (nSPS) is 10.2. The zero-order valence-electron chi connectivity index (χ0n) is 11.1. The predicted octanol–water partition coefficient (Wildman–Crippen LogP) is 1.34. The lowest BCUT2D eigenvalue weighted by Crippen LogP contribution is -2.16. The Kier molecular flexibility index (Phi) is 9.52. The van der Waals surface area contributed by atoms with Gasteiger partial charge in [0.05, 0.1) is 0 Å². The molecule has 0 heterocycles. The number of ether oxygens (including phenoxy) is 2. The number of esters is 2. The largest absolute Gasteiger partial charge is 0.462 e. The first kappa shape index (κ1) is 17.1. The van der Waals surface area contributed by atoms with E-state index in [0.717, 1.165) is 0 Å². The van der Waals surface area contributed by atoms with Gasteiger partial charge < -0.3 is 13.6 Å². The van der Waals surface area contributed by atoms with Gasteiger partial charge in [0.1, 0.15) is 13.2 Å². The van der Waals surface area contributed by atoms with Crippen LogP contribution in [0.1, 0.15) is 13.3 Å². The summed E-state index contributed by atoms with van der Waals surface area (Å²) in [6, 6.07) is 0.681. The number of carbonyl (C=O) groups excluding carboxylic acids is 2. The molecule has 5 nitrogen and oxygen atoms in total. The van der Waals surface area contributed by atoms with E-state index in [0.29, 0.717) is 27.8 Å². The second kappa shape index (κ2) is 10.0. The predicted molar refractivity (Wildman–Crippen MR) is 70.5 cm³/mol. The highest BCUT2D eigenvalue weighted by molar-refractivity contribution is 6.56. The van der Waals surface area contributed by atoms with Gasteiger partial charge in [-0.1, -0.05) is 6.58 Å². The third-order valence-electron chi connectivity index (χ3n) is 1.64. The lowest BCUT2D eigenvalue weighted by atomic mass is 10.4. The summed E-state index contributed by atoms with van der Waals surface area (Å²) in [5.41, 5.74) is 0.330. The van der Waals surface area contributed by atoms with Crippen LogP contribution < -0.4 is 0 Å². The van der Waals surface area contributed by atoms with Gasteiger partial charge in [-0.3, -0.25) is 4.79 Å². The van der Waals surface area contributed by atoms with Crippen LogP contribution in [0.15, 0.2) is 12.2 Å². The molecule has 101 valence electrons. The molecule has 0 aliphatic heterocycles. The van der Waals surface area contributed by atoms with Crippen LogP contribution >= 0.6 is 0 Å². The van der Waals surface area contributed by atoms with Crippen LogP contribution in [0.5, 0.6) is 0 Å². The molecule has 3 radical (unpaired) electrons. The Morgan fingerprint density at radius 3 is 2.39 bits per heavy atom. The Morgan fingerprint density at radius 2 is 1.83 bits per heavy atom. The van der Waals surface area contributed by atoms with Crippen molar-refractivity contribution in [2.45, 2.75) is 32.5 Å². The summed E-state index contributed by atoms with van der Waals surface area (Å²) in [7, 11) is -0.325. The van der Waals surface area contributed by atoms with Crippen molar-refractivity contribution in [3.05, 3.63) is 12.2 Å². The highest BCUT2D eigenvalue weighted by Gasteiger charge is 2.06. The first-order chi connectivity index (χ1) is 8.43. The molecule has 0 aromatic rings. The van der Waals surface area contributed by atoms with Gasteiger partial charge in [0.15, 0.2) is 9.04 Å². The van der Waals surface area contributed by atoms with E-state index >= 15 is 0 Å². The minimum atomic E-state index is -0.676. The topological polar surface area (TPSA) is 61.8 Å². The molecular formula is C11H19O5Si2. The molecule has 0 rings (SSSR count). The van der Waals surface area contributed by atoms with Gasteiger partial charge in [-0.2, -0.15) is 0 Å². The molecule has 0 unspecified atom stereocenters. The number of hydrogen-bond donors (Lipinski definition) is 0. The molecule has 0 aliphatic carbocycles. The number of hydrogen-bond acceptors (Lipinski definition) is 5. The molecule has 0 atom stereocenters. The van der Waals surface area contributed by atoms with Gasteiger partial charge in [0, 0.05) is 12.0 Å². The molecule has 0 aliphatic rings. The summed E-state index contributed by atoms with van der Waals surface area (Å²) in [5.74, 6) is -0.764. The average molecular weight is 287 g/mol. The Labute approximate surface area is 112 Å². The average Bonchev–Trinajstić information content (AvgIpc) is 2.29. The fourth-order valence-electron chi connectivity index (χ4n) is 0.834. The molecule has 7 heteroatoms. The van der Waals surface area contributed by atoms with Crippen LogP contribution in [0.2, 0.25) is 19.1 Å². The van der Waals surface area contributed by atoms with E-state index < -0.39 is 15.0 Å². The van der Waals surface area contributed by atoms with Crippen molar-refractivity contribution in [1.82, 2.24) is 0 Å². The first-order valence-electron chi connectivity index (χ1n) is 5.61. The molecule has 0 saturated heterocycles. The van der Waals surface area contributed by atoms with Gasteiger partial charge in [-0.25, -0.2) is 4.79 Å². The Hall–Kier alpha value is -0.926. The van der Waals surface area contributed by atoms with Crippen LogP contribution in [-0.4, -0.2) is 44.0 Å². The second-order valence-corrected chi connectivity index (χ2v) is 7.21. The number of carbonyl (C=O) groups is 2. The van der Waals surface area contributed by atoms with Gasteiger partial charge >= 0.3 is 11.9 Å². The zero-order valence-corrected chi connectivity index (χ0v) is 13.1. The van der Waals surface area contributed by atoms with Crippen LogP contribution in [-0.2, 0) is 23.2 Å². The van der Waals surface area contributed by atoms with Crippen LogP contribution in [0.4, 0.5) is 0 Å². The fraction of sp³-hybridized carbons (Fsp3) is 0.636. The highest BCUT2D eigenvalue weighted by atomic mass is 28.3. The molecular weight excluding hydrogens is 268 g/mol. The van der Waals surface area contributed by atoms with Crippen molar-refractivity contribution in [3.8, 4) is 0 Å². The monoisotopic (exact) mass is 287 g/mol. The van der Waals surface area contributed by atoms with Crippen molar-refractivity contribution >= 4 is 30.7 Å². The van der Waals surface area contributed by atoms with Gasteiger partial charge in [-0.05, 0) is 26.1 Å². The maximum atomic E-state index is 11.2. The summed E-state index contributed by atoms with van der Waals surface area (Å²) in [4.78, 5) is 22.2. The standard InChI is InChI=1S/C11H19O5Si2/c1-9(2)11(13)15-7-6-14-10(12)5-8-17-16-18(3)4/h1,5-8H2,2-4H3. The summed E-state index contributed by atoms with van der Waals surface area (Å²) in [6.45, 7) is 9.24. The van der Waals surface area contributed by atoms with E-state index in [9.17, 15) is 9.59 Å². The maximum Gasteiger partial charge on any atom is 0.333 e. The highest BCUT2D eigenvalue weighted by Crippen LogP contribution is 1.96. The minimum Gasteiger partial charge on any atom is -0.462 e. The fourth-order valence-corrected chi connectivity index (χ4v) is 2.70. The molecule has 0 amide bonds. The molecule has 0 bridgehead atoms. The van der Waals surface area contributed by atoms with Crippen molar-refractivity contribution in [3.63, 3.8) is 0 Å². The van der Waals surface area contributed by atoms with Crippen molar-refractivity contribution in [1.29, 1.82) is 0 Å². The quantitative estimate of drug-likeness (QED) is 0.277. The van der Waals surface area contributed by atoms with Crippen LogP contribution in [0.3, 0.4) is 0 Å². The summed E-state index contributed by atoms with van der Waals surface area (Å²) >= 11 is 0. The Morgan fingerprint density at radius 1 is 1.22 bits per heavy atom. The first-order valence-corrected chi connectivity index (χ1v) is 9.14. The van der Waals surface area contributed by atoms with E-state index in [-0.39, 0.29) is 19.2 Å². The van der Waals surface area contributed by atoms with E-state index in [1.807, 2.05) is 13.1 Å². The third kappa shape index (κ3) is 10.2. The van der Waals surface area contributed by atoms with Crippen LogP contribution in [0, 0.1) is 0 Å². The SMILES string of the molecule is C=C(C)C(=O)OCCOC(=O)CC[Si]O[Si](C)C. The molecule has 0 spiro atoms. The maximum absolute atomic E-state index is 11.2. The van der Waals surface area contributed by atoms with Crippen molar-refractivity contribution in [2.24, 2.45) is 0 Å². The van der Waals surface area contributed by atoms with E-state index in [1.54, 1.807) is 6.92 Å². The van der Waals surface area contributed by atoms with E-state index in [1.165, 1.54) is 0 Å². The molecule has 0 aromatic carbocycles. The molecule has 0 fully saturated rings. The third-order valence-corrected chi connectivity index (χ3v) is 4.30.